The lowest BCUT2D eigenvalue weighted by atomic mass is 9.94. The van der Waals surface area contributed by atoms with Gasteiger partial charge in [0.05, 0.1) is 25.3 Å². The van der Waals surface area contributed by atoms with Crippen LogP contribution in [0.25, 0.3) is 0 Å². The molecule has 0 bridgehead atoms. The van der Waals surface area contributed by atoms with Gasteiger partial charge in [0.15, 0.2) is 0 Å². The summed E-state index contributed by atoms with van der Waals surface area (Å²) in [5.41, 5.74) is 1.34. The highest BCUT2D eigenvalue weighted by atomic mass is 19.1. The van der Waals surface area contributed by atoms with E-state index in [1.54, 1.807) is 46.1 Å². The van der Waals surface area contributed by atoms with Crippen LogP contribution in [0.1, 0.15) is 63.6 Å². The van der Waals surface area contributed by atoms with Gasteiger partial charge in [0.2, 0.25) is 5.78 Å². The molecule has 0 saturated carbocycles. The number of aryl methyl sites for hydroxylation is 1. The first kappa shape index (κ1) is 28.0. The van der Waals surface area contributed by atoms with E-state index in [0.717, 1.165) is 21.4 Å². The number of nitrogens with one attached hydrogen (secondary N) is 2. The van der Waals surface area contributed by atoms with E-state index >= 15 is 0 Å². The topological polar surface area (TPSA) is 117 Å². The molecule has 1 aromatic heterocycles. The molecule has 0 radical (unpaired) electrons. The van der Waals surface area contributed by atoms with E-state index in [1.807, 2.05) is 30.3 Å². The average molecular weight is 541 g/mol. The molecule has 8 nitrogen and oxygen atoms in total. The van der Waals surface area contributed by atoms with E-state index in [9.17, 15) is 24.0 Å². The van der Waals surface area contributed by atoms with Crippen LogP contribution < -0.4 is 21.3 Å². The molecule has 0 aliphatic carbocycles. The number of methoxy groups -OCH3 is 1. The van der Waals surface area contributed by atoms with Crippen molar-refractivity contribution in [3.05, 3.63) is 126 Å². The average Bonchev–Trinajstić information content (AvgIpc) is 2.92. The van der Waals surface area contributed by atoms with Crippen LogP contribution in [0.15, 0.2) is 70.3 Å². The van der Waals surface area contributed by atoms with Crippen molar-refractivity contribution in [2.75, 3.05) is 12.4 Å². The number of aromatic amines is 1. The Kier molecular flexibility index (Phi) is 8.29. The van der Waals surface area contributed by atoms with Gasteiger partial charge in [-0.05, 0) is 72.0 Å². The smallest absolute Gasteiger partial charge is 0.329 e. The lowest BCUT2D eigenvalue weighted by Crippen LogP contribution is -2.38. The van der Waals surface area contributed by atoms with Gasteiger partial charge in [0.25, 0.3) is 5.56 Å². The van der Waals surface area contributed by atoms with E-state index in [1.165, 1.54) is 18.2 Å². The quantitative estimate of drug-likeness (QED) is 0.292. The highest BCUT2D eigenvalue weighted by molar-refractivity contribution is 6.10. The van der Waals surface area contributed by atoms with Gasteiger partial charge in [0, 0.05) is 23.4 Å². The first-order valence-corrected chi connectivity index (χ1v) is 12.7. The number of hydrogen-bond donors (Lipinski definition) is 2. The van der Waals surface area contributed by atoms with Crippen molar-refractivity contribution >= 4 is 11.5 Å². The van der Waals surface area contributed by atoms with E-state index < -0.39 is 28.8 Å². The maximum atomic E-state index is 14.7. The molecule has 0 spiro atoms. The molecule has 1 heterocycles. The molecule has 204 valence electrons. The number of halogens is 1. The number of carbonyl (C=O) groups is 1. The summed E-state index contributed by atoms with van der Waals surface area (Å²) in [5.74, 6) is -0.853. The van der Waals surface area contributed by atoms with Crippen LogP contribution in [0.3, 0.4) is 0 Å². The predicted molar refractivity (Wildman–Crippen MR) is 151 cm³/mol. The molecule has 9 heteroatoms. The number of nitrogens with zero attached hydrogens (tertiary/aromatic N) is 2. The van der Waals surface area contributed by atoms with Gasteiger partial charge < -0.3 is 10.1 Å². The normalized spacial score (nSPS) is 10.8. The van der Waals surface area contributed by atoms with Gasteiger partial charge in [-0.15, -0.1) is 0 Å². The molecule has 0 unspecified atom stereocenters. The van der Waals surface area contributed by atoms with Gasteiger partial charge in [0.1, 0.15) is 17.3 Å². The third kappa shape index (κ3) is 6.02. The fraction of sp³-hybridized carbons (Fsp3) is 0.226. The van der Waals surface area contributed by atoms with Crippen molar-refractivity contribution in [1.29, 1.82) is 5.26 Å². The second-order valence-corrected chi connectivity index (χ2v) is 9.80. The lowest BCUT2D eigenvalue weighted by molar-refractivity contribution is 0.102. The minimum Gasteiger partial charge on any atom is -0.497 e. The molecule has 4 rings (SSSR count). The number of hydrogen-bond acceptors (Lipinski definition) is 6. The van der Waals surface area contributed by atoms with Crippen LogP contribution in [0, 0.1) is 24.1 Å². The summed E-state index contributed by atoms with van der Waals surface area (Å²) in [6.45, 7) is 5.50. The van der Waals surface area contributed by atoms with Crippen molar-refractivity contribution in [1.82, 2.24) is 9.55 Å². The standard InChI is InChI=1S/C31H29FN4O4/c1-18(2)27-28(29(37)26-10-5-19(3)11-22(26)15-33)36(31(39)35-30(27)38)17-21-12-23(32)14-24(13-21)34-16-20-6-8-25(40-4)9-7-20/h5-14,18,34H,16-17H2,1-4H3,(H,35,38,39). The maximum Gasteiger partial charge on any atom is 0.329 e. The van der Waals surface area contributed by atoms with Crippen LogP contribution in [0.4, 0.5) is 10.1 Å². The Morgan fingerprint density at radius 3 is 2.45 bits per heavy atom. The zero-order chi connectivity index (χ0) is 29.0. The summed E-state index contributed by atoms with van der Waals surface area (Å²) in [5, 5.41) is 12.8. The number of nitriles is 1. The molecule has 40 heavy (non-hydrogen) atoms. The van der Waals surface area contributed by atoms with Crippen molar-refractivity contribution < 1.29 is 13.9 Å². The Morgan fingerprint density at radius 2 is 1.80 bits per heavy atom. The van der Waals surface area contributed by atoms with E-state index in [0.29, 0.717) is 17.8 Å². The summed E-state index contributed by atoms with van der Waals surface area (Å²) in [6.07, 6.45) is 0. The summed E-state index contributed by atoms with van der Waals surface area (Å²) >= 11 is 0. The Bertz CT molecular complexity index is 1730. The summed E-state index contributed by atoms with van der Waals surface area (Å²) in [4.78, 5) is 42.1. The van der Waals surface area contributed by atoms with Gasteiger partial charge in [-0.1, -0.05) is 32.0 Å². The molecule has 4 aromatic rings. The number of aromatic nitrogens is 2. The number of ether oxygens (including phenoxy) is 1. The first-order valence-electron chi connectivity index (χ1n) is 12.7. The van der Waals surface area contributed by atoms with Crippen molar-refractivity contribution in [3.63, 3.8) is 0 Å². The number of anilines is 1. The van der Waals surface area contributed by atoms with Gasteiger partial charge in [-0.2, -0.15) is 5.26 Å². The fourth-order valence-electron chi connectivity index (χ4n) is 4.57. The molecule has 2 N–H and O–H groups in total. The van der Waals surface area contributed by atoms with E-state index in [4.69, 9.17) is 4.74 Å². The number of benzene rings is 3. The number of carbonyl (C=O) groups excluding carboxylic acids is 1. The number of H-pyrrole nitrogens is 1. The van der Waals surface area contributed by atoms with Crippen LogP contribution in [0.2, 0.25) is 0 Å². The Hall–Kier alpha value is -4.97. The van der Waals surface area contributed by atoms with E-state index in [-0.39, 0.29) is 28.9 Å². The summed E-state index contributed by atoms with van der Waals surface area (Å²) in [6, 6.07) is 18.5. The molecule has 0 saturated heterocycles. The van der Waals surface area contributed by atoms with Crippen molar-refractivity contribution in [2.45, 2.75) is 39.8 Å². The minimum atomic E-state index is -0.805. The highest BCUT2D eigenvalue weighted by Crippen LogP contribution is 2.23. The van der Waals surface area contributed by atoms with Crippen LogP contribution >= 0.6 is 0 Å². The number of rotatable bonds is 9. The van der Waals surface area contributed by atoms with Crippen LogP contribution in [-0.4, -0.2) is 22.4 Å². The SMILES string of the molecule is COc1ccc(CNc2cc(F)cc(Cn3c(C(=O)c4ccc(C)cc4C#N)c(C(C)C)c(=O)[nH]c3=O)c2)cc1. The molecule has 0 aliphatic heterocycles. The second-order valence-electron chi connectivity index (χ2n) is 9.80. The second kappa shape index (κ2) is 11.8. The minimum absolute atomic E-state index is 0.0786. The van der Waals surface area contributed by atoms with Crippen LogP contribution in [0.5, 0.6) is 5.75 Å². The zero-order valence-corrected chi connectivity index (χ0v) is 22.7. The predicted octanol–water partition coefficient (Wildman–Crippen LogP) is 4.88. The number of ketones is 1. The molecule has 0 amide bonds. The van der Waals surface area contributed by atoms with Gasteiger partial charge >= 0.3 is 5.69 Å². The molecular formula is C31H29FN4O4. The Morgan fingerprint density at radius 1 is 1.07 bits per heavy atom. The zero-order valence-electron chi connectivity index (χ0n) is 22.7. The molecule has 0 atom stereocenters. The van der Waals surface area contributed by atoms with Crippen molar-refractivity contribution in [3.8, 4) is 11.8 Å². The fourth-order valence-corrected chi connectivity index (χ4v) is 4.57. The molecular weight excluding hydrogens is 511 g/mol. The Balaban J connectivity index is 1.76. The first-order chi connectivity index (χ1) is 19.1. The summed E-state index contributed by atoms with van der Waals surface area (Å²) < 4.78 is 21.0. The Labute approximate surface area is 230 Å². The summed E-state index contributed by atoms with van der Waals surface area (Å²) in [7, 11) is 1.58. The van der Waals surface area contributed by atoms with Gasteiger partial charge in [-0.3, -0.25) is 19.1 Å². The largest absolute Gasteiger partial charge is 0.497 e. The maximum absolute atomic E-state index is 14.7. The van der Waals surface area contributed by atoms with Gasteiger partial charge in [-0.25, -0.2) is 9.18 Å². The third-order valence-corrected chi connectivity index (χ3v) is 6.52. The monoisotopic (exact) mass is 540 g/mol. The van der Waals surface area contributed by atoms with E-state index in [2.05, 4.69) is 10.3 Å². The third-order valence-electron chi connectivity index (χ3n) is 6.52. The lowest BCUT2D eigenvalue weighted by Gasteiger charge is -2.18. The van der Waals surface area contributed by atoms with Crippen molar-refractivity contribution in [2.24, 2.45) is 0 Å². The molecule has 0 aliphatic rings. The molecule has 0 fully saturated rings. The highest BCUT2D eigenvalue weighted by Gasteiger charge is 2.26. The van der Waals surface area contributed by atoms with Crippen LogP contribution in [-0.2, 0) is 13.1 Å². The molecule has 3 aromatic carbocycles.